The first kappa shape index (κ1) is 15.0. The third kappa shape index (κ3) is 2.38. The summed E-state index contributed by atoms with van der Waals surface area (Å²) in [6, 6.07) is 5.71. The van der Waals surface area contributed by atoms with Crippen LogP contribution in [0.1, 0.15) is 18.9 Å². The molecule has 22 heavy (non-hydrogen) atoms. The molecule has 7 heteroatoms. The number of carbonyl (C=O) groups is 2. The van der Waals surface area contributed by atoms with Crippen molar-refractivity contribution in [3.63, 3.8) is 0 Å². The second kappa shape index (κ2) is 5.37. The van der Waals surface area contributed by atoms with E-state index in [1.165, 1.54) is 23.5 Å². The molecule has 4 nitrogen and oxygen atoms in total. The van der Waals surface area contributed by atoms with Crippen LogP contribution in [0, 0.1) is 5.82 Å². The molecule has 3 rings (SSSR count). The highest BCUT2D eigenvalue weighted by Crippen LogP contribution is 2.35. The van der Waals surface area contributed by atoms with Gasteiger partial charge in [-0.2, -0.15) is 11.3 Å². The molecule has 2 amide bonds. The van der Waals surface area contributed by atoms with E-state index in [0.717, 1.165) is 16.6 Å². The second-order valence-corrected chi connectivity index (χ2v) is 6.48. The molecule has 1 aromatic carbocycles. The van der Waals surface area contributed by atoms with E-state index < -0.39 is 11.2 Å². The largest absolute Gasteiger partial charge is 0.273 e. The van der Waals surface area contributed by atoms with Crippen LogP contribution < -0.4 is 10.4 Å². The minimum Gasteiger partial charge on any atom is -0.273 e. The van der Waals surface area contributed by atoms with Gasteiger partial charge in [0.15, 0.2) is 0 Å². The lowest BCUT2D eigenvalue weighted by Crippen LogP contribution is -2.60. The van der Waals surface area contributed by atoms with Gasteiger partial charge in [-0.1, -0.05) is 11.6 Å². The molecule has 0 aliphatic carbocycles. The van der Waals surface area contributed by atoms with Crippen molar-refractivity contribution in [1.82, 2.24) is 5.43 Å². The monoisotopic (exact) mass is 338 g/mol. The average Bonchev–Trinajstić information content (AvgIpc) is 3.01. The third-order valence-electron chi connectivity index (χ3n) is 3.75. The molecule has 1 fully saturated rings. The Kier molecular flexibility index (Phi) is 3.66. The Morgan fingerprint density at radius 2 is 2.14 bits per heavy atom. The average molecular weight is 339 g/mol. The van der Waals surface area contributed by atoms with Crippen LogP contribution in [0.4, 0.5) is 10.1 Å². The van der Waals surface area contributed by atoms with Crippen LogP contribution >= 0.6 is 22.9 Å². The lowest BCUT2D eigenvalue weighted by Gasteiger charge is -2.38. The minimum absolute atomic E-state index is 0.0635. The lowest BCUT2D eigenvalue weighted by atomic mass is 9.78. The molecule has 114 valence electrons. The smallest absolute Gasteiger partial charge is 0.256 e. The van der Waals surface area contributed by atoms with Crippen LogP contribution in [0.3, 0.4) is 0 Å². The Morgan fingerprint density at radius 1 is 1.36 bits per heavy atom. The van der Waals surface area contributed by atoms with Gasteiger partial charge in [0, 0.05) is 6.42 Å². The standard InChI is InChI=1S/C15H12ClFN2O2S/c1-15(9-4-5-22-8-9)7-13(20)18-19(14(15)21)10-2-3-12(17)11(16)6-10/h2-6,8H,7H2,1H3,(H,18,20). The lowest BCUT2D eigenvalue weighted by molar-refractivity contribution is -0.136. The predicted octanol–water partition coefficient (Wildman–Crippen LogP) is 3.27. The fourth-order valence-electron chi connectivity index (χ4n) is 2.47. The summed E-state index contributed by atoms with van der Waals surface area (Å²) < 4.78 is 13.3. The van der Waals surface area contributed by atoms with Crippen molar-refractivity contribution in [2.75, 3.05) is 5.01 Å². The predicted molar refractivity (Wildman–Crippen MR) is 83.3 cm³/mol. The molecule has 1 N–H and O–H groups in total. The number of hydrazine groups is 1. The van der Waals surface area contributed by atoms with Crippen LogP contribution in [0.25, 0.3) is 0 Å². The first-order valence-electron chi connectivity index (χ1n) is 6.53. The highest BCUT2D eigenvalue weighted by atomic mass is 35.5. The summed E-state index contributed by atoms with van der Waals surface area (Å²) in [5.41, 5.74) is 2.67. The Morgan fingerprint density at radius 3 is 2.77 bits per heavy atom. The first-order valence-corrected chi connectivity index (χ1v) is 7.86. The Hall–Kier alpha value is -1.92. The van der Waals surface area contributed by atoms with Gasteiger partial charge in [0.25, 0.3) is 5.91 Å². The maximum absolute atomic E-state index is 13.3. The van der Waals surface area contributed by atoms with Gasteiger partial charge in [-0.15, -0.1) is 0 Å². The SMILES string of the molecule is CC1(c2ccsc2)CC(=O)NN(c2ccc(F)c(Cl)c2)C1=O. The zero-order valence-electron chi connectivity index (χ0n) is 11.6. The van der Waals surface area contributed by atoms with Gasteiger partial charge in [-0.3, -0.25) is 15.0 Å². The number of anilines is 1. The molecule has 0 spiro atoms. The normalized spacial score (nSPS) is 21.9. The summed E-state index contributed by atoms with van der Waals surface area (Å²) in [6.45, 7) is 1.73. The van der Waals surface area contributed by atoms with Gasteiger partial charge in [0.1, 0.15) is 5.82 Å². The summed E-state index contributed by atoms with van der Waals surface area (Å²) in [5, 5.41) is 4.74. The topological polar surface area (TPSA) is 49.4 Å². The Labute approximate surface area is 135 Å². The molecule has 0 bridgehead atoms. The Balaban J connectivity index is 2.03. The first-order chi connectivity index (χ1) is 10.4. The minimum atomic E-state index is -0.955. The summed E-state index contributed by atoms with van der Waals surface area (Å²) in [7, 11) is 0. The van der Waals surface area contributed by atoms with Crippen LogP contribution in [-0.2, 0) is 15.0 Å². The van der Waals surface area contributed by atoms with E-state index in [1.807, 2.05) is 16.8 Å². The fourth-order valence-corrected chi connectivity index (χ4v) is 3.43. The molecular formula is C15H12ClFN2O2S. The number of hydrogen-bond donors (Lipinski definition) is 1. The molecule has 1 aliphatic rings. The number of carbonyl (C=O) groups excluding carboxylic acids is 2. The molecule has 2 aromatic rings. The fraction of sp³-hybridized carbons (Fsp3) is 0.200. The molecule has 0 saturated carbocycles. The maximum atomic E-state index is 13.3. The van der Waals surface area contributed by atoms with Crippen molar-refractivity contribution in [1.29, 1.82) is 0 Å². The molecule has 1 unspecified atom stereocenters. The number of amides is 2. The zero-order valence-corrected chi connectivity index (χ0v) is 13.2. The number of thiophene rings is 1. The van der Waals surface area contributed by atoms with Gasteiger partial charge in [0.05, 0.1) is 16.1 Å². The number of nitrogens with zero attached hydrogens (tertiary/aromatic N) is 1. The van der Waals surface area contributed by atoms with E-state index in [4.69, 9.17) is 11.6 Å². The van der Waals surface area contributed by atoms with Crippen LogP contribution in [-0.4, -0.2) is 11.8 Å². The molecule has 1 saturated heterocycles. The summed E-state index contributed by atoms with van der Waals surface area (Å²) in [5.74, 6) is -1.15. The summed E-state index contributed by atoms with van der Waals surface area (Å²) in [4.78, 5) is 24.9. The van der Waals surface area contributed by atoms with Crippen LogP contribution in [0.5, 0.6) is 0 Å². The van der Waals surface area contributed by atoms with Crippen molar-refractivity contribution < 1.29 is 14.0 Å². The second-order valence-electron chi connectivity index (χ2n) is 5.29. The van der Waals surface area contributed by atoms with E-state index >= 15 is 0 Å². The van der Waals surface area contributed by atoms with Crippen molar-refractivity contribution in [3.8, 4) is 0 Å². The van der Waals surface area contributed by atoms with E-state index in [-0.39, 0.29) is 23.3 Å². The van der Waals surface area contributed by atoms with E-state index in [2.05, 4.69) is 5.43 Å². The van der Waals surface area contributed by atoms with Gasteiger partial charge in [0.2, 0.25) is 5.91 Å². The zero-order chi connectivity index (χ0) is 15.9. The van der Waals surface area contributed by atoms with Gasteiger partial charge in [-0.25, -0.2) is 9.40 Å². The molecule has 2 heterocycles. The van der Waals surface area contributed by atoms with E-state index in [0.29, 0.717) is 5.69 Å². The van der Waals surface area contributed by atoms with Crippen molar-refractivity contribution in [2.24, 2.45) is 0 Å². The van der Waals surface area contributed by atoms with E-state index in [1.54, 1.807) is 6.92 Å². The highest BCUT2D eigenvalue weighted by Gasteiger charge is 2.45. The van der Waals surface area contributed by atoms with Crippen molar-refractivity contribution in [3.05, 3.63) is 51.4 Å². The van der Waals surface area contributed by atoms with Crippen molar-refractivity contribution >= 4 is 40.4 Å². The number of rotatable bonds is 2. The number of hydrogen-bond acceptors (Lipinski definition) is 3. The number of nitrogens with one attached hydrogen (secondary N) is 1. The van der Waals surface area contributed by atoms with Crippen LogP contribution in [0.2, 0.25) is 5.02 Å². The van der Waals surface area contributed by atoms with Gasteiger partial charge >= 0.3 is 0 Å². The summed E-state index contributed by atoms with van der Waals surface area (Å²) >= 11 is 7.23. The molecule has 0 radical (unpaired) electrons. The molecule has 1 aliphatic heterocycles. The Bertz CT molecular complexity index is 750. The molecule has 1 aromatic heterocycles. The van der Waals surface area contributed by atoms with Crippen LogP contribution in [0.15, 0.2) is 35.0 Å². The van der Waals surface area contributed by atoms with Crippen molar-refractivity contribution in [2.45, 2.75) is 18.8 Å². The van der Waals surface area contributed by atoms with E-state index in [9.17, 15) is 14.0 Å². The summed E-state index contributed by atoms with van der Waals surface area (Å²) in [6.07, 6.45) is 0.0635. The third-order valence-corrected chi connectivity index (χ3v) is 4.72. The molecular weight excluding hydrogens is 327 g/mol. The molecule has 1 atom stereocenters. The number of benzene rings is 1. The van der Waals surface area contributed by atoms with Gasteiger partial charge < -0.3 is 0 Å². The maximum Gasteiger partial charge on any atom is 0.256 e. The van der Waals surface area contributed by atoms with Gasteiger partial charge in [-0.05, 0) is 47.5 Å². The number of halogens is 2. The highest BCUT2D eigenvalue weighted by molar-refractivity contribution is 7.08. The quantitative estimate of drug-likeness (QED) is 0.913.